The number of para-hydroxylation sites is 2. The van der Waals surface area contributed by atoms with Crippen LogP contribution in [0.3, 0.4) is 0 Å². The van der Waals surface area contributed by atoms with E-state index in [1.807, 2.05) is 72.6 Å². The number of quaternary nitrogens is 1. The number of hydrogen-bond donors (Lipinski definition) is 2. The largest absolute Gasteiger partial charge is 0.493 e. The Kier molecular flexibility index (Phi) is 16.0. The molecule has 1 unspecified atom stereocenters. The molecule has 2 atom stereocenters. The number of benzene rings is 5. The van der Waals surface area contributed by atoms with Crippen molar-refractivity contribution < 1.29 is 52.5 Å². The fraction of sp³-hybridized carbons (Fsp3) is 0.356. The first kappa shape index (κ1) is 51.9. The lowest BCUT2D eigenvalue weighted by Crippen LogP contribution is -2.53. The summed E-state index contributed by atoms with van der Waals surface area (Å²) in [6.07, 6.45) is 6.05. The number of esters is 1. The average Bonchev–Trinajstić information content (AvgIpc) is 3.97. The molecule has 16 heteroatoms. The molecule has 0 aromatic heterocycles. The Morgan fingerprint density at radius 1 is 0.707 bits per heavy atom. The molecule has 4 aliphatic heterocycles. The predicted molar refractivity (Wildman–Crippen MR) is 283 cm³/mol. The van der Waals surface area contributed by atoms with E-state index >= 15 is 0 Å². The van der Waals surface area contributed by atoms with Gasteiger partial charge >= 0.3 is 11.9 Å². The lowest BCUT2D eigenvalue weighted by molar-refractivity contribution is -0.140. The summed E-state index contributed by atoms with van der Waals surface area (Å²) in [6.45, 7) is 2.86. The van der Waals surface area contributed by atoms with Gasteiger partial charge in [0.1, 0.15) is 42.5 Å². The number of ether oxygens (including phenoxy) is 4. The van der Waals surface area contributed by atoms with Crippen LogP contribution in [-0.4, -0.2) is 87.3 Å². The number of ketones is 2. The summed E-state index contributed by atoms with van der Waals surface area (Å²) >= 11 is 0. The normalized spacial score (nSPS) is 16.9. The summed E-state index contributed by atoms with van der Waals surface area (Å²) < 4.78 is 23.5. The van der Waals surface area contributed by atoms with Gasteiger partial charge in [-0.15, -0.1) is 0 Å². The van der Waals surface area contributed by atoms with E-state index < -0.39 is 11.8 Å². The van der Waals surface area contributed by atoms with Crippen LogP contribution in [0, 0.1) is 6.92 Å². The van der Waals surface area contributed by atoms with Gasteiger partial charge in [-0.1, -0.05) is 36.4 Å². The first-order valence-electron chi connectivity index (χ1n) is 25.7. The molecule has 0 radical (unpaired) electrons. The van der Waals surface area contributed by atoms with Crippen molar-refractivity contribution in [2.45, 2.75) is 103 Å². The van der Waals surface area contributed by atoms with Gasteiger partial charge in [-0.3, -0.25) is 33.8 Å². The summed E-state index contributed by atoms with van der Waals surface area (Å²) in [7, 11) is 2.85. The number of hydrogen-bond acceptors (Lipinski definition) is 12. The second-order valence-corrected chi connectivity index (χ2v) is 19.7. The maximum absolute atomic E-state index is 14.4. The maximum Gasteiger partial charge on any atom is 0.353 e. The molecule has 1 spiro atoms. The Labute approximate surface area is 436 Å². The second kappa shape index (κ2) is 23.1. The molecule has 4 aliphatic rings. The number of Topliss-reactive ketones (excluding diaryl/α,β-unsaturated/α-hetero) is 2. The molecule has 0 fully saturated rings. The summed E-state index contributed by atoms with van der Waals surface area (Å²) in [5, 5.41) is 5.46. The van der Waals surface area contributed by atoms with Crippen LogP contribution in [0.4, 0.5) is 22.7 Å². The number of amides is 4. The molecule has 16 nitrogen and oxygen atoms in total. The van der Waals surface area contributed by atoms with Gasteiger partial charge in [-0.25, -0.2) is 9.28 Å². The zero-order valence-electron chi connectivity index (χ0n) is 42.7. The van der Waals surface area contributed by atoms with E-state index in [0.29, 0.717) is 83.2 Å². The van der Waals surface area contributed by atoms with E-state index in [4.69, 9.17) is 19.2 Å². The highest BCUT2D eigenvalue weighted by Crippen LogP contribution is 2.43. The van der Waals surface area contributed by atoms with Gasteiger partial charge < -0.3 is 34.5 Å². The zero-order chi connectivity index (χ0) is 52.6. The predicted octanol–water partition coefficient (Wildman–Crippen LogP) is 8.59. The van der Waals surface area contributed by atoms with E-state index in [0.717, 1.165) is 47.3 Å². The highest BCUT2D eigenvalue weighted by atomic mass is 16.5. The minimum atomic E-state index is -0.446. The SMILES string of the molecule is COC(=O)CCCCC(=O)CCC(=O)NCC(=O)CCC(=O)Nc1cc(COc2cc3c(cc2C)C(=O)[N+]2(CC=N3)CCc3ccccc32)cc(COc2cc3c(cc2OC)C(=O)N2c4ccccc4C[C@H]2CC3)c1. The number of aliphatic imine (C=N–C) groups is 1. The molecule has 75 heavy (non-hydrogen) atoms. The quantitative estimate of drug-likeness (QED) is 0.0406. The molecule has 388 valence electrons. The number of nitrogens with zero attached hydrogens (tertiary/aromatic N) is 3. The molecule has 0 saturated heterocycles. The molecule has 4 amide bonds. The minimum Gasteiger partial charge on any atom is -0.493 e. The third-order valence-electron chi connectivity index (χ3n) is 14.6. The molecular weight excluding hydrogens is 955 g/mol. The Balaban J connectivity index is 0.876. The van der Waals surface area contributed by atoms with Crippen LogP contribution < -0.4 is 34.2 Å². The number of anilines is 2. The number of carbonyl (C=O) groups is 7. The van der Waals surface area contributed by atoms with Gasteiger partial charge in [0.2, 0.25) is 11.8 Å². The second-order valence-electron chi connectivity index (χ2n) is 19.7. The first-order chi connectivity index (χ1) is 36.3. The summed E-state index contributed by atoms with van der Waals surface area (Å²) in [5.41, 5.74) is 9.35. The van der Waals surface area contributed by atoms with Gasteiger partial charge in [0.05, 0.1) is 39.2 Å². The van der Waals surface area contributed by atoms with Crippen LogP contribution in [-0.2, 0) is 61.2 Å². The van der Waals surface area contributed by atoms with Crippen molar-refractivity contribution in [2.24, 2.45) is 4.99 Å². The molecule has 0 saturated carbocycles. The highest BCUT2D eigenvalue weighted by Gasteiger charge is 2.47. The summed E-state index contributed by atoms with van der Waals surface area (Å²) in [4.78, 5) is 97.3. The van der Waals surface area contributed by atoms with Crippen LogP contribution in [0.25, 0.3) is 0 Å². The fourth-order valence-electron chi connectivity index (χ4n) is 10.6. The van der Waals surface area contributed by atoms with Crippen molar-refractivity contribution in [1.82, 2.24) is 9.80 Å². The number of rotatable bonds is 21. The monoisotopic (exact) mass is 1020 g/mol. The molecule has 4 heterocycles. The molecule has 2 N–H and O–H groups in total. The first-order valence-corrected chi connectivity index (χ1v) is 25.7. The fourth-order valence-corrected chi connectivity index (χ4v) is 10.6. The van der Waals surface area contributed by atoms with Crippen molar-refractivity contribution >= 4 is 70.1 Å². The van der Waals surface area contributed by atoms with Gasteiger partial charge in [-0.05, 0) is 115 Å². The molecule has 5 aromatic rings. The van der Waals surface area contributed by atoms with Crippen molar-refractivity contribution in [1.29, 1.82) is 0 Å². The van der Waals surface area contributed by atoms with Crippen LogP contribution in [0.1, 0.15) is 112 Å². The maximum atomic E-state index is 14.4. The van der Waals surface area contributed by atoms with Crippen molar-refractivity contribution in [3.8, 4) is 17.2 Å². The van der Waals surface area contributed by atoms with E-state index in [2.05, 4.69) is 27.5 Å². The minimum absolute atomic E-state index is 0.00361. The number of aryl methyl sites for hydroxylation is 2. The topological polar surface area (TPSA) is 196 Å². The van der Waals surface area contributed by atoms with Crippen molar-refractivity contribution in [2.75, 3.05) is 44.1 Å². The molecule has 0 aliphatic carbocycles. The van der Waals surface area contributed by atoms with Gasteiger partial charge in [-0.2, -0.15) is 0 Å². The highest BCUT2D eigenvalue weighted by molar-refractivity contribution is 6.11. The van der Waals surface area contributed by atoms with Crippen LogP contribution in [0.2, 0.25) is 0 Å². The number of methoxy groups -OCH3 is 2. The van der Waals surface area contributed by atoms with Gasteiger partial charge in [0, 0.05) is 79.6 Å². The van der Waals surface area contributed by atoms with Crippen molar-refractivity contribution in [3.05, 3.63) is 136 Å². The standard InChI is InChI=1S/C59H61N5O11/c1-37-26-48-49(60-23-25-64(59(48)71)24-22-40-10-5-8-14-51(40)64)33-52(37)74-35-38-27-39(29-43(28-38)62-56(68)21-19-46(66)34-61-55(67)20-18-45(65)12-6-9-15-57(69)73-3)36-75-54-31-41-16-17-44-30-42-11-4-7-13-50(42)63(44)58(70)47(41)32-53(54)72-2/h4-5,7-8,10-11,13-14,23,26-29,31-33,44H,6,9,12,15-22,24-25,30,34-36H2,1-3H3,(H-,61,62,67,68)/p+1/t44-,64?/m1/s1. The van der Waals surface area contributed by atoms with E-state index in [-0.39, 0.29) is 98.2 Å². The average molecular weight is 1020 g/mol. The number of carbonyl (C=O) groups excluding carboxylic acids is 7. The number of nitrogens with one attached hydrogen (secondary N) is 2. The van der Waals surface area contributed by atoms with Crippen LogP contribution in [0.5, 0.6) is 17.2 Å². The summed E-state index contributed by atoms with van der Waals surface area (Å²) in [6, 6.07) is 28.9. The van der Waals surface area contributed by atoms with E-state index in [1.165, 1.54) is 19.8 Å². The van der Waals surface area contributed by atoms with E-state index in [9.17, 15) is 33.6 Å². The van der Waals surface area contributed by atoms with Crippen LogP contribution >= 0.6 is 0 Å². The van der Waals surface area contributed by atoms with E-state index in [1.54, 1.807) is 24.3 Å². The van der Waals surface area contributed by atoms with Crippen LogP contribution in [0.15, 0.2) is 96.0 Å². The Morgan fingerprint density at radius 3 is 2.21 bits per heavy atom. The third kappa shape index (κ3) is 11.7. The van der Waals surface area contributed by atoms with Crippen molar-refractivity contribution in [3.63, 3.8) is 0 Å². The molecule has 5 aromatic carbocycles. The Hall–Kier alpha value is -7.98. The van der Waals surface area contributed by atoms with Gasteiger partial charge in [0.25, 0.3) is 5.91 Å². The molecule has 9 rings (SSSR count). The number of unbranched alkanes of at least 4 members (excludes halogenated alkanes) is 1. The molecular formula is C59H62N5O11+. The third-order valence-corrected chi connectivity index (χ3v) is 14.6. The zero-order valence-corrected chi connectivity index (χ0v) is 42.7. The number of fused-ring (bicyclic) bond motifs is 7. The summed E-state index contributed by atoms with van der Waals surface area (Å²) in [5.74, 6) is -0.344. The Bertz CT molecular complexity index is 3110. The van der Waals surface area contributed by atoms with Gasteiger partial charge in [0.15, 0.2) is 17.3 Å². The molecule has 0 bridgehead atoms. The lowest BCUT2D eigenvalue weighted by Gasteiger charge is -2.29. The Morgan fingerprint density at radius 2 is 1.43 bits per heavy atom. The smallest absolute Gasteiger partial charge is 0.353 e. The lowest BCUT2D eigenvalue weighted by atomic mass is 9.99.